The molecule has 180 valence electrons. The predicted molar refractivity (Wildman–Crippen MR) is 125 cm³/mol. The monoisotopic (exact) mass is 474 g/mol. The number of hydrogen-bond donors (Lipinski definition) is 2. The molecule has 2 N–H and O–H groups in total. The first kappa shape index (κ1) is 26.5. The zero-order chi connectivity index (χ0) is 24.0. The summed E-state index contributed by atoms with van der Waals surface area (Å²) < 4.78 is 19.7. The number of hydrogen-bond acceptors (Lipinski definition) is 6. The van der Waals surface area contributed by atoms with Crippen LogP contribution in [0.25, 0.3) is 0 Å². The first-order valence-electron chi connectivity index (χ1n) is 11.1. The van der Waals surface area contributed by atoms with E-state index in [1.54, 1.807) is 0 Å². The summed E-state index contributed by atoms with van der Waals surface area (Å²) in [4.78, 5) is 25.8. The average Bonchev–Trinajstić information content (AvgIpc) is 2.89. The fraction of sp³-hybridized carbons (Fsp3) is 0.905. The van der Waals surface area contributed by atoms with Crippen LogP contribution in [0.4, 0.5) is 4.79 Å². The van der Waals surface area contributed by atoms with Gasteiger partial charge in [-0.3, -0.25) is 15.0 Å². The summed E-state index contributed by atoms with van der Waals surface area (Å²) in [7, 11) is -4.49. The number of amides is 3. The van der Waals surface area contributed by atoms with Gasteiger partial charge in [0.1, 0.15) is 18.3 Å². The Labute approximate surface area is 189 Å². The highest BCUT2D eigenvalue weighted by atomic mass is 28.4. The van der Waals surface area contributed by atoms with Crippen molar-refractivity contribution in [3.63, 3.8) is 0 Å². The molecule has 0 bridgehead atoms. The maximum absolute atomic E-state index is 12.6. The molecule has 0 unspecified atom stereocenters. The Hall–Kier alpha value is -0.786. The van der Waals surface area contributed by atoms with Gasteiger partial charge >= 0.3 is 6.03 Å². The number of carbonyl (C=O) groups is 2. The minimum absolute atomic E-state index is 0.0401. The van der Waals surface area contributed by atoms with Crippen molar-refractivity contribution in [2.75, 3.05) is 13.2 Å². The number of aliphatic hydroxyl groups is 1. The molecule has 0 aliphatic carbocycles. The van der Waals surface area contributed by atoms with Crippen molar-refractivity contribution in [3.8, 4) is 0 Å². The van der Waals surface area contributed by atoms with E-state index in [0.29, 0.717) is 0 Å². The molecule has 2 saturated heterocycles. The van der Waals surface area contributed by atoms with Crippen LogP contribution in [0, 0.1) is 0 Å². The molecule has 2 aliphatic heterocycles. The highest BCUT2D eigenvalue weighted by molar-refractivity contribution is 6.74. The minimum atomic E-state index is -2.27. The lowest BCUT2D eigenvalue weighted by Crippen LogP contribution is -2.60. The number of ether oxygens (including phenoxy) is 1. The molecule has 2 heterocycles. The van der Waals surface area contributed by atoms with Gasteiger partial charge in [0.05, 0.1) is 6.61 Å². The van der Waals surface area contributed by atoms with Crippen molar-refractivity contribution < 1.29 is 28.3 Å². The van der Waals surface area contributed by atoms with Crippen LogP contribution in [0.5, 0.6) is 0 Å². The van der Waals surface area contributed by atoms with E-state index < -0.39 is 47.2 Å². The third kappa shape index (κ3) is 5.59. The first-order valence-corrected chi connectivity index (χ1v) is 17.0. The van der Waals surface area contributed by atoms with Gasteiger partial charge in [-0.15, -0.1) is 0 Å². The van der Waals surface area contributed by atoms with Gasteiger partial charge in [-0.1, -0.05) is 41.5 Å². The van der Waals surface area contributed by atoms with E-state index in [9.17, 15) is 14.7 Å². The van der Waals surface area contributed by atoms with E-state index in [1.807, 2.05) is 0 Å². The second-order valence-electron chi connectivity index (χ2n) is 11.7. The van der Waals surface area contributed by atoms with E-state index >= 15 is 0 Å². The van der Waals surface area contributed by atoms with Gasteiger partial charge in [-0.05, 0) is 36.3 Å². The van der Waals surface area contributed by atoms with E-state index in [4.69, 9.17) is 13.6 Å². The summed E-state index contributed by atoms with van der Waals surface area (Å²) in [5.41, 5.74) is 0. The number of carbonyl (C=O) groups excluding carboxylic acids is 2. The Kier molecular flexibility index (Phi) is 7.57. The Morgan fingerprint density at radius 2 is 1.48 bits per heavy atom. The van der Waals surface area contributed by atoms with Gasteiger partial charge in [0.15, 0.2) is 22.9 Å². The topological polar surface area (TPSA) is 97.3 Å². The third-order valence-corrected chi connectivity index (χ3v) is 16.3. The number of aliphatic hydroxyl groups excluding tert-OH is 1. The quantitative estimate of drug-likeness (QED) is 0.573. The fourth-order valence-corrected chi connectivity index (χ4v) is 5.83. The van der Waals surface area contributed by atoms with Gasteiger partial charge in [-0.2, -0.15) is 0 Å². The summed E-state index contributed by atoms with van der Waals surface area (Å²) in [6.07, 6.45) is -2.19. The minimum Gasteiger partial charge on any atom is -0.408 e. The molecule has 31 heavy (non-hydrogen) atoms. The zero-order valence-electron chi connectivity index (χ0n) is 20.9. The van der Waals surface area contributed by atoms with Crippen LogP contribution in [-0.4, -0.2) is 76.3 Å². The molecule has 0 aromatic heterocycles. The lowest BCUT2D eigenvalue weighted by atomic mass is 10.1. The Bertz CT molecular complexity index is 686. The van der Waals surface area contributed by atoms with Crippen molar-refractivity contribution in [1.29, 1.82) is 0 Å². The summed E-state index contributed by atoms with van der Waals surface area (Å²) in [5.74, 6) is -0.297. The smallest absolute Gasteiger partial charge is 0.326 e. The highest BCUT2D eigenvalue weighted by Gasteiger charge is 2.55. The molecule has 0 saturated carbocycles. The molecule has 3 amide bonds. The summed E-state index contributed by atoms with van der Waals surface area (Å²) in [6, 6.07) is -0.491. The van der Waals surface area contributed by atoms with E-state index in [1.165, 1.54) is 4.90 Å². The first-order chi connectivity index (χ1) is 13.9. The van der Waals surface area contributed by atoms with Gasteiger partial charge in [-0.25, -0.2) is 4.79 Å². The van der Waals surface area contributed by atoms with Crippen molar-refractivity contribution in [3.05, 3.63) is 0 Å². The molecular weight excluding hydrogens is 432 g/mol. The Morgan fingerprint density at radius 3 is 1.90 bits per heavy atom. The maximum atomic E-state index is 12.6. The van der Waals surface area contributed by atoms with Crippen LogP contribution >= 0.6 is 0 Å². The van der Waals surface area contributed by atoms with Crippen LogP contribution in [-0.2, 0) is 18.4 Å². The molecule has 2 fully saturated rings. The SMILES string of the molecule is CC(C)(C)[Si](C)(C)O[C@@H]1[C@H](O[Si](C)(C)C(C)(C)C)[C@@H](CO)O[C@H]1N1CCC(=O)NC1=O. The summed E-state index contributed by atoms with van der Waals surface area (Å²) in [5, 5.41) is 12.4. The average molecular weight is 475 g/mol. The van der Waals surface area contributed by atoms with Gasteiger partial charge in [0.25, 0.3) is 0 Å². The molecular formula is C21H42N2O6Si2. The summed E-state index contributed by atoms with van der Waals surface area (Å²) >= 11 is 0. The summed E-state index contributed by atoms with van der Waals surface area (Å²) in [6.45, 7) is 21.6. The fourth-order valence-electron chi connectivity index (χ4n) is 3.23. The van der Waals surface area contributed by atoms with Crippen molar-refractivity contribution in [2.45, 2.75) is 109 Å². The molecule has 2 aliphatic rings. The van der Waals surface area contributed by atoms with Crippen LogP contribution in [0.2, 0.25) is 36.3 Å². The molecule has 0 spiro atoms. The molecule has 0 aromatic rings. The Balaban J connectivity index is 2.45. The van der Waals surface area contributed by atoms with Crippen LogP contribution in [0.15, 0.2) is 0 Å². The largest absolute Gasteiger partial charge is 0.408 e. The predicted octanol–water partition coefficient (Wildman–Crippen LogP) is 3.43. The van der Waals surface area contributed by atoms with Gasteiger partial charge < -0.3 is 18.7 Å². The van der Waals surface area contributed by atoms with E-state index in [2.05, 4.69) is 73.0 Å². The van der Waals surface area contributed by atoms with E-state index in [-0.39, 0.29) is 35.6 Å². The standard InChI is InChI=1S/C21H42N2O6Si2/c1-20(2,3)30(7,8)28-16-14(13-24)27-18(23-12-11-15(25)22-19(23)26)17(16)29-31(9,10)21(4,5)6/h14,16-18,24H,11-13H2,1-10H3,(H,22,25,26)/t14-,16-,17-,18-/m1/s1. The molecule has 10 heteroatoms. The number of nitrogens with one attached hydrogen (secondary N) is 1. The number of nitrogens with zero attached hydrogens (tertiary/aromatic N) is 1. The lowest BCUT2D eigenvalue weighted by molar-refractivity contribution is -0.125. The van der Waals surface area contributed by atoms with Crippen molar-refractivity contribution in [2.24, 2.45) is 0 Å². The number of urea groups is 1. The number of rotatable bonds is 6. The van der Waals surface area contributed by atoms with E-state index in [0.717, 1.165) is 0 Å². The van der Waals surface area contributed by atoms with Gasteiger partial charge in [0, 0.05) is 13.0 Å². The normalized spacial score (nSPS) is 28.8. The molecule has 4 atom stereocenters. The van der Waals surface area contributed by atoms with Crippen molar-refractivity contribution >= 4 is 28.6 Å². The molecule has 0 aromatic carbocycles. The second-order valence-corrected chi connectivity index (χ2v) is 21.2. The maximum Gasteiger partial charge on any atom is 0.326 e. The number of imide groups is 1. The highest BCUT2D eigenvalue weighted by Crippen LogP contribution is 2.44. The van der Waals surface area contributed by atoms with Crippen LogP contribution in [0.1, 0.15) is 48.0 Å². The van der Waals surface area contributed by atoms with Gasteiger partial charge in [0.2, 0.25) is 5.91 Å². The van der Waals surface area contributed by atoms with Crippen LogP contribution in [0.3, 0.4) is 0 Å². The Morgan fingerprint density at radius 1 is 1.00 bits per heavy atom. The molecule has 0 radical (unpaired) electrons. The van der Waals surface area contributed by atoms with Crippen molar-refractivity contribution in [1.82, 2.24) is 10.2 Å². The zero-order valence-corrected chi connectivity index (χ0v) is 22.9. The molecule has 2 rings (SSSR count). The lowest BCUT2D eigenvalue weighted by Gasteiger charge is -2.45. The molecule has 8 nitrogen and oxygen atoms in total. The van der Waals surface area contributed by atoms with Crippen LogP contribution < -0.4 is 5.32 Å². The third-order valence-electron chi connectivity index (χ3n) is 7.33. The second kappa shape index (κ2) is 8.87.